The molecule has 0 bridgehead atoms. The van der Waals surface area contributed by atoms with Gasteiger partial charge in [0.25, 0.3) is 0 Å². The molecule has 0 saturated carbocycles. The summed E-state index contributed by atoms with van der Waals surface area (Å²) in [6.45, 7) is 3.10. The standard InChI is InChI=1S/C12H19NOS/c1-10-9-11(5-6-12(10)14-2)13-7-4-8-15-3/h5-6,9,13H,4,7-8H2,1-3H3. The second-order valence-electron chi connectivity index (χ2n) is 3.46. The molecule has 0 aliphatic heterocycles. The van der Waals surface area contributed by atoms with Crippen LogP contribution >= 0.6 is 11.8 Å². The lowest BCUT2D eigenvalue weighted by Gasteiger charge is -2.09. The molecule has 0 spiro atoms. The summed E-state index contributed by atoms with van der Waals surface area (Å²) in [6, 6.07) is 6.19. The van der Waals surface area contributed by atoms with E-state index >= 15 is 0 Å². The monoisotopic (exact) mass is 225 g/mol. The Morgan fingerprint density at radius 2 is 2.20 bits per heavy atom. The van der Waals surface area contributed by atoms with Crippen molar-refractivity contribution in [3.05, 3.63) is 23.8 Å². The first-order valence-electron chi connectivity index (χ1n) is 5.15. The Morgan fingerprint density at radius 1 is 1.40 bits per heavy atom. The van der Waals surface area contributed by atoms with Crippen LogP contribution in [-0.2, 0) is 0 Å². The molecular formula is C12H19NOS. The minimum absolute atomic E-state index is 0.949. The molecule has 15 heavy (non-hydrogen) atoms. The minimum Gasteiger partial charge on any atom is -0.496 e. The van der Waals surface area contributed by atoms with E-state index in [2.05, 4.69) is 30.6 Å². The van der Waals surface area contributed by atoms with Crippen LogP contribution in [0.2, 0.25) is 0 Å². The zero-order chi connectivity index (χ0) is 11.1. The van der Waals surface area contributed by atoms with Gasteiger partial charge in [-0.15, -0.1) is 0 Å². The molecule has 1 aromatic carbocycles. The van der Waals surface area contributed by atoms with Crippen LogP contribution in [-0.4, -0.2) is 25.7 Å². The third-order valence-electron chi connectivity index (χ3n) is 2.25. The van der Waals surface area contributed by atoms with Crippen LogP contribution in [0.5, 0.6) is 5.75 Å². The summed E-state index contributed by atoms with van der Waals surface area (Å²) in [5.74, 6) is 2.16. The predicted octanol–water partition coefficient (Wildman–Crippen LogP) is 3.17. The van der Waals surface area contributed by atoms with Crippen molar-refractivity contribution in [2.45, 2.75) is 13.3 Å². The number of ether oxygens (including phenoxy) is 1. The van der Waals surface area contributed by atoms with E-state index in [1.807, 2.05) is 17.8 Å². The van der Waals surface area contributed by atoms with E-state index in [1.165, 1.54) is 23.4 Å². The van der Waals surface area contributed by atoms with Crippen LogP contribution in [0, 0.1) is 6.92 Å². The molecule has 0 radical (unpaired) electrons. The lowest BCUT2D eigenvalue weighted by molar-refractivity contribution is 0.412. The lowest BCUT2D eigenvalue weighted by Crippen LogP contribution is -2.02. The number of aryl methyl sites for hydroxylation is 1. The van der Waals surface area contributed by atoms with Gasteiger partial charge < -0.3 is 10.1 Å². The molecule has 0 aliphatic rings. The third-order valence-corrected chi connectivity index (χ3v) is 2.95. The minimum atomic E-state index is 0.949. The van der Waals surface area contributed by atoms with Crippen LogP contribution in [0.1, 0.15) is 12.0 Å². The number of methoxy groups -OCH3 is 1. The zero-order valence-corrected chi connectivity index (χ0v) is 10.5. The summed E-state index contributed by atoms with van der Waals surface area (Å²) in [5, 5.41) is 3.40. The SMILES string of the molecule is COc1ccc(NCCCSC)cc1C. The van der Waals surface area contributed by atoms with Crippen LogP contribution < -0.4 is 10.1 Å². The highest BCUT2D eigenvalue weighted by molar-refractivity contribution is 7.98. The van der Waals surface area contributed by atoms with Crippen molar-refractivity contribution in [1.29, 1.82) is 0 Å². The van der Waals surface area contributed by atoms with Gasteiger partial charge in [-0.3, -0.25) is 0 Å². The highest BCUT2D eigenvalue weighted by Crippen LogP contribution is 2.21. The fourth-order valence-electron chi connectivity index (χ4n) is 1.44. The van der Waals surface area contributed by atoms with Crippen LogP contribution in [0.4, 0.5) is 5.69 Å². The summed E-state index contributed by atoms with van der Waals surface area (Å²) < 4.78 is 5.21. The number of hydrogen-bond donors (Lipinski definition) is 1. The van der Waals surface area contributed by atoms with E-state index in [9.17, 15) is 0 Å². The Morgan fingerprint density at radius 3 is 2.80 bits per heavy atom. The number of hydrogen-bond acceptors (Lipinski definition) is 3. The first-order chi connectivity index (χ1) is 7.27. The van der Waals surface area contributed by atoms with Crippen LogP contribution in [0.15, 0.2) is 18.2 Å². The zero-order valence-electron chi connectivity index (χ0n) is 9.67. The van der Waals surface area contributed by atoms with Crippen molar-refractivity contribution in [2.24, 2.45) is 0 Å². The number of thioether (sulfide) groups is 1. The van der Waals surface area contributed by atoms with Gasteiger partial charge in [0.05, 0.1) is 7.11 Å². The van der Waals surface area contributed by atoms with Crippen molar-refractivity contribution in [2.75, 3.05) is 31.0 Å². The van der Waals surface area contributed by atoms with E-state index in [1.54, 1.807) is 7.11 Å². The molecule has 1 rings (SSSR count). The fraction of sp³-hybridized carbons (Fsp3) is 0.500. The maximum atomic E-state index is 5.21. The van der Waals surface area contributed by atoms with Crippen molar-refractivity contribution in [1.82, 2.24) is 0 Å². The second kappa shape index (κ2) is 6.62. The van der Waals surface area contributed by atoms with Gasteiger partial charge in [-0.2, -0.15) is 11.8 Å². The van der Waals surface area contributed by atoms with E-state index in [4.69, 9.17) is 4.74 Å². The molecule has 0 atom stereocenters. The van der Waals surface area contributed by atoms with Gasteiger partial charge in [-0.25, -0.2) is 0 Å². The maximum absolute atomic E-state index is 5.21. The summed E-state index contributed by atoms with van der Waals surface area (Å²) in [5.41, 5.74) is 2.35. The maximum Gasteiger partial charge on any atom is 0.121 e. The molecule has 0 amide bonds. The molecular weight excluding hydrogens is 206 g/mol. The van der Waals surface area contributed by atoms with Gasteiger partial charge in [-0.05, 0) is 49.1 Å². The predicted molar refractivity (Wildman–Crippen MR) is 69.2 cm³/mol. The third kappa shape index (κ3) is 4.04. The van der Waals surface area contributed by atoms with Gasteiger partial charge in [0, 0.05) is 12.2 Å². The van der Waals surface area contributed by atoms with Crippen molar-refractivity contribution < 1.29 is 4.74 Å². The normalized spacial score (nSPS) is 10.1. The van der Waals surface area contributed by atoms with E-state index in [-0.39, 0.29) is 0 Å². The molecule has 0 saturated heterocycles. The Bertz CT molecular complexity index is 302. The van der Waals surface area contributed by atoms with Gasteiger partial charge in [-0.1, -0.05) is 0 Å². The Kier molecular flexibility index (Phi) is 5.40. The van der Waals surface area contributed by atoms with Gasteiger partial charge in [0.15, 0.2) is 0 Å². The first-order valence-corrected chi connectivity index (χ1v) is 6.54. The molecule has 2 nitrogen and oxygen atoms in total. The molecule has 0 fully saturated rings. The average Bonchev–Trinajstić information content (AvgIpc) is 2.25. The molecule has 0 aromatic heterocycles. The lowest BCUT2D eigenvalue weighted by atomic mass is 10.2. The van der Waals surface area contributed by atoms with Crippen molar-refractivity contribution in [3.63, 3.8) is 0 Å². The highest BCUT2D eigenvalue weighted by atomic mass is 32.2. The summed E-state index contributed by atoms with van der Waals surface area (Å²) in [6.07, 6.45) is 3.34. The fourth-order valence-corrected chi connectivity index (χ4v) is 1.87. The number of benzene rings is 1. The van der Waals surface area contributed by atoms with Crippen molar-refractivity contribution in [3.8, 4) is 5.75 Å². The highest BCUT2D eigenvalue weighted by Gasteiger charge is 1.98. The van der Waals surface area contributed by atoms with E-state index < -0.39 is 0 Å². The van der Waals surface area contributed by atoms with E-state index in [0.29, 0.717) is 0 Å². The number of anilines is 1. The Balaban J connectivity index is 2.45. The molecule has 1 N–H and O–H groups in total. The largest absolute Gasteiger partial charge is 0.496 e. The number of rotatable bonds is 6. The molecule has 0 aliphatic carbocycles. The second-order valence-corrected chi connectivity index (χ2v) is 4.44. The summed E-state index contributed by atoms with van der Waals surface area (Å²) >= 11 is 1.89. The summed E-state index contributed by atoms with van der Waals surface area (Å²) in [4.78, 5) is 0. The molecule has 3 heteroatoms. The molecule has 84 valence electrons. The van der Waals surface area contributed by atoms with Crippen molar-refractivity contribution >= 4 is 17.4 Å². The van der Waals surface area contributed by atoms with E-state index in [0.717, 1.165) is 12.3 Å². The van der Waals surface area contributed by atoms with Gasteiger partial charge >= 0.3 is 0 Å². The van der Waals surface area contributed by atoms with Crippen LogP contribution in [0.3, 0.4) is 0 Å². The summed E-state index contributed by atoms with van der Waals surface area (Å²) in [7, 11) is 1.70. The molecule has 0 heterocycles. The molecule has 1 aromatic rings. The average molecular weight is 225 g/mol. The topological polar surface area (TPSA) is 21.3 Å². The quantitative estimate of drug-likeness (QED) is 0.751. The first kappa shape index (κ1) is 12.2. The smallest absolute Gasteiger partial charge is 0.121 e. The molecule has 0 unspecified atom stereocenters. The van der Waals surface area contributed by atoms with Crippen LogP contribution in [0.25, 0.3) is 0 Å². The van der Waals surface area contributed by atoms with Gasteiger partial charge in [0.1, 0.15) is 5.75 Å². The number of nitrogens with one attached hydrogen (secondary N) is 1. The van der Waals surface area contributed by atoms with Gasteiger partial charge in [0.2, 0.25) is 0 Å². The Hall–Kier alpha value is -0.830. The Labute approximate surface area is 96.4 Å².